The fraction of sp³-hybridized carbons (Fsp3) is 0.333. The van der Waals surface area contributed by atoms with E-state index in [4.69, 9.17) is 4.74 Å². The van der Waals surface area contributed by atoms with Gasteiger partial charge in [0.05, 0.1) is 12.2 Å². The molecule has 0 bridgehead atoms. The molecule has 2 N–H and O–H groups in total. The van der Waals surface area contributed by atoms with Crippen molar-refractivity contribution in [3.05, 3.63) is 87.9 Å². The lowest BCUT2D eigenvalue weighted by molar-refractivity contribution is 0.101. The molecule has 0 aliphatic rings. The summed E-state index contributed by atoms with van der Waals surface area (Å²) in [5.41, 5.74) is 3.39. The molecule has 190 valence electrons. The second-order valence-corrected chi connectivity index (χ2v) is 10.8. The number of anilines is 2. The molecule has 0 radical (unpaired) electrons. The molecular formula is C30H35BrN2O3. The molecule has 36 heavy (non-hydrogen) atoms. The zero-order chi connectivity index (χ0) is 26.1. The summed E-state index contributed by atoms with van der Waals surface area (Å²) in [6, 6.07) is 20.2. The fourth-order valence-corrected chi connectivity index (χ4v) is 4.08. The predicted molar refractivity (Wildman–Crippen MR) is 151 cm³/mol. The van der Waals surface area contributed by atoms with E-state index in [0.717, 1.165) is 23.7 Å². The van der Waals surface area contributed by atoms with Gasteiger partial charge in [-0.1, -0.05) is 81.1 Å². The molecule has 0 atom stereocenters. The van der Waals surface area contributed by atoms with Crippen LogP contribution in [0.5, 0.6) is 5.75 Å². The molecule has 2 amide bonds. The van der Waals surface area contributed by atoms with E-state index in [1.807, 2.05) is 30.3 Å². The highest BCUT2D eigenvalue weighted by atomic mass is 79.9. The van der Waals surface area contributed by atoms with E-state index >= 15 is 0 Å². The van der Waals surface area contributed by atoms with Gasteiger partial charge in [-0.15, -0.1) is 0 Å². The maximum Gasteiger partial charge on any atom is 0.259 e. The normalized spacial score (nSPS) is 11.1. The maximum atomic E-state index is 13.1. The number of rotatable bonds is 10. The summed E-state index contributed by atoms with van der Waals surface area (Å²) in [5.74, 6) is 0.0705. The Bertz CT molecular complexity index is 1180. The summed E-state index contributed by atoms with van der Waals surface area (Å²) in [6.45, 7) is 9.15. The van der Waals surface area contributed by atoms with Crippen LogP contribution in [0.25, 0.3) is 0 Å². The third-order valence-corrected chi connectivity index (χ3v) is 6.33. The fourth-order valence-electron chi connectivity index (χ4n) is 3.71. The molecule has 0 unspecified atom stereocenters. The molecule has 0 fully saturated rings. The Hall–Kier alpha value is -3.12. The Morgan fingerprint density at radius 2 is 1.50 bits per heavy atom. The van der Waals surface area contributed by atoms with Crippen molar-refractivity contribution in [2.24, 2.45) is 0 Å². The first-order valence-electron chi connectivity index (χ1n) is 12.4. The molecule has 0 aromatic heterocycles. The summed E-state index contributed by atoms with van der Waals surface area (Å²) >= 11 is 3.45. The van der Waals surface area contributed by atoms with Crippen LogP contribution in [0.4, 0.5) is 11.4 Å². The first-order valence-corrected chi connectivity index (χ1v) is 13.2. The van der Waals surface area contributed by atoms with Gasteiger partial charge in [-0.2, -0.15) is 0 Å². The van der Waals surface area contributed by atoms with Crippen molar-refractivity contribution in [1.29, 1.82) is 0 Å². The number of unbranched alkanes of at least 4 members (excludes halogenated alkanes) is 3. The summed E-state index contributed by atoms with van der Waals surface area (Å²) in [6.07, 6.45) is 4.39. The topological polar surface area (TPSA) is 67.4 Å². The molecule has 0 heterocycles. The van der Waals surface area contributed by atoms with Crippen LogP contribution in [0, 0.1) is 0 Å². The van der Waals surface area contributed by atoms with Crippen molar-refractivity contribution in [3.63, 3.8) is 0 Å². The summed E-state index contributed by atoms with van der Waals surface area (Å²) in [4.78, 5) is 25.8. The summed E-state index contributed by atoms with van der Waals surface area (Å²) < 4.78 is 6.71. The van der Waals surface area contributed by atoms with Gasteiger partial charge >= 0.3 is 0 Å². The Labute approximate surface area is 222 Å². The van der Waals surface area contributed by atoms with Crippen LogP contribution < -0.4 is 15.4 Å². The van der Waals surface area contributed by atoms with Gasteiger partial charge < -0.3 is 15.4 Å². The Morgan fingerprint density at radius 3 is 2.14 bits per heavy atom. The molecule has 3 aromatic carbocycles. The van der Waals surface area contributed by atoms with Crippen LogP contribution >= 0.6 is 15.9 Å². The van der Waals surface area contributed by atoms with Crippen molar-refractivity contribution < 1.29 is 14.3 Å². The molecule has 0 saturated carbocycles. The largest absolute Gasteiger partial charge is 0.493 e. The molecule has 3 aromatic rings. The van der Waals surface area contributed by atoms with Gasteiger partial charge in [0.1, 0.15) is 5.75 Å². The average Bonchev–Trinajstić information content (AvgIpc) is 2.84. The summed E-state index contributed by atoms with van der Waals surface area (Å²) in [7, 11) is 0. The second-order valence-electron chi connectivity index (χ2n) is 9.87. The summed E-state index contributed by atoms with van der Waals surface area (Å²) in [5, 5.41) is 5.84. The first kappa shape index (κ1) is 27.5. The van der Waals surface area contributed by atoms with Crippen molar-refractivity contribution in [1.82, 2.24) is 0 Å². The van der Waals surface area contributed by atoms with Gasteiger partial charge in [0, 0.05) is 21.4 Å². The SMILES string of the molecule is CCCCCCOc1ccc(Br)cc1C(=O)Nc1cccc(NC(=O)c2ccc(C(C)(C)C)cc2)c1. The number of benzene rings is 3. The molecular weight excluding hydrogens is 516 g/mol. The van der Waals surface area contributed by atoms with Crippen LogP contribution in [-0.2, 0) is 5.41 Å². The smallest absolute Gasteiger partial charge is 0.259 e. The number of carbonyl (C=O) groups excluding carboxylic acids is 2. The van der Waals surface area contributed by atoms with Crippen LogP contribution in [0.2, 0.25) is 0 Å². The molecule has 0 aliphatic carbocycles. The zero-order valence-electron chi connectivity index (χ0n) is 21.5. The lowest BCUT2D eigenvalue weighted by atomic mass is 9.87. The second kappa shape index (κ2) is 12.7. The monoisotopic (exact) mass is 550 g/mol. The number of nitrogens with one attached hydrogen (secondary N) is 2. The molecule has 6 heteroatoms. The van der Waals surface area contributed by atoms with Crippen molar-refractivity contribution >= 4 is 39.1 Å². The minimum absolute atomic E-state index is 0.0237. The quantitative estimate of drug-likeness (QED) is 0.250. The van der Waals surface area contributed by atoms with Gasteiger partial charge in [0.2, 0.25) is 0 Å². The van der Waals surface area contributed by atoms with Gasteiger partial charge in [0.15, 0.2) is 0 Å². The Balaban J connectivity index is 1.67. The Kier molecular flexibility index (Phi) is 9.71. The predicted octanol–water partition coefficient (Wildman–Crippen LogP) is 8.21. The number of halogens is 1. The Morgan fingerprint density at radius 1 is 0.833 bits per heavy atom. The van der Waals surface area contributed by atoms with Crippen molar-refractivity contribution in [2.45, 2.75) is 58.8 Å². The van der Waals surface area contributed by atoms with E-state index in [9.17, 15) is 9.59 Å². The van der Waals surface area contributed by atoms with E-state index < -0.39 is 0 Å². The highest BCUT2D eigenvalue weighted by Crippen LogP contribution is 2.26. The van der Waals surface area contributed by atoms with Crippen LogP contribution in [-0.4, -0.2) is 18.4 Å². The highest BCUT2D eigenvalue weighted by Gasteiger charge is 2.16. The van der Waals surface area contributed by atoms with Crippen LogP contribution in [0.1, 0.15) is 79.7 Å². The number of ether oxygens (including phenoxy) is 1. The van der Waals surface area contributed by atoms with Gasteiger partial charge in [0.25, 0.3) is 11.8 Å². The van der Waals surface area contributed by atoms with Gasteiger partial charge in [-0.05, 0) is 65.9 Å². The van der Waals surface area contributed by atoms with Crippen LogP contribution in [0.3, 0.4) is 0 Å². The number of amides is 2. The standard InChI is InChI=1S/C30H35BrN2O3/c1-5-6-7-8-18-36-27-17-16-23(31)19-26(27)29(35)33-25-11-9-10-24(20-25)32-28(34)21-12-14-22(15-13-21)30(2,3)4/h9-17,19-20H,5-8,18H2,1-4H3,(H,32,34)(H,33,35). The average molecular weight is 552 g/mol. The van der Waals surface area contributed by atoms with E-state index in [0.29, 0.717) is 34.9 Å². The number of carbonyl (C=O) groups is 2. The molecule has 3 rings (SSSR count). The zero-order valence-corrected chi connectivity index (χ0v) is 23.1. The maximum absolute atomic E-state index is 13.1. The van der Waals surface area contributed by atoms with E-state index in [1.54, 1.807) is 36.4 Å². The van der Waals surface area contributed by atoms with E-state index in [1.165, 1.54) is 12.0 Å². The first-order chi connectivity index (χ1) is 17.2. The van der Waals surface area contributed by atoms with Gasteiger partial charge in [-0.25, -0.2) is 0 Å². The molecule has 5 nitrogen and oxygen atoms in total. The molecule has 0 saturated heterocycles. The minimum atomic E-state index is -0.277. The molecule has 0 aliphatic heterocycles. The highest BCUT2D eigenvalue weighted by molar-refractivity contribution is 9.10. The number of hydrogen-bond donors (Lipinski definition) is 2. The third kappa shape index (κ3) is 7.95. The van der Waals surface area contributed by atoms with Crippen LogP contribution in [0.15, 0.2) is 71.2 Å². The number of hydrogen-bond acceptors (Lipinski definition) is 3. The van der Waals surface area contributed by atoms with Gasteiger partial charge in [-0.3, -0.25) is 9.59 Å². The van der Waals surface area contributed by atoms with E-state index in [-0.39, 0.29) is 17.2 Å². The lowest BCUT2D eigenvalue weighted by Crippen LogP contribution is -2.16. The lowest BCUT2D eigenvalue weighted by Gasteiger charge is -2.19. The van der Waals surface area contributed by atoms with Crippen molar-refractivity contribution in [2.75, 3.05) is 17.2 Å². The minimum Gasteiger partial charge on any atom is -0.493 e. The third-order valence-electron chi connectivity index (χ3n) is 5.83. The van der Waals surface area contributed by atoms with Crippen molar-refractivity contribution in [3.8, 4) is 5.75 Å². The van der Waals surface area contributed by atoms with E-state index in [2.05, 4.69) is 54.3 Å². The molecule has 0 spiro atoms.